The molecule has 220 valence electrons. The molecule has 1 aliphatic rings. The fourth-order valence-electron chi connectivity index (χ4n) is 5.33. The van der Waals surface area contributed by atoms with E-state index in [0.717, 1.165) is 11.1 Å². The van der Waals surface area contributed by atoms with Crippen molar-refractivity contribution in [3.05, 3.63) is 67.0 Å². The molecular formula is C27H22FN13O3. The lowest BCUT2D eigenvalue weighted by Crippen LogP contribution is -2.44. The monoisotopic (exact) mass is 595 g/mol. The number of fused-ring (bicyclic) bond motifs is 2. The lowest BCUT2D eigenvalue weighted by molar-refractivity contribution is -0.137. The van der Waals surface area contributed by atoms with Crippen LogP contribution in [0.3, 0.4) is 0 Å². The van der Waals surface area contributed by atoms with Crippen molar-refractivity contribution in [1.82, 2.24) is 54.7 Å². The van der Waals surface area contributed by atoms with Crippen LogP contribution in [-0.2, 0) is 16.1 Å². The number of aromatic amines is 1. The molecule has 0 saturated carbocycles. The number of nitrogens with two attached hydrogens (primary N) is 1. The quantitative estimate of drug-likeness (QED) is 0.238. The Labute approximate surface area is 246 Å². The zero-order valence-corrected chi connectivity index (χ0v) is 22.7. The maximum absolute atomic E-state index is 14.7. The van der Waals surface area contributed by atoms with Crippen molar-refractivity contribution >= 4 is 40.2 Å². The Hall–Kier alpha value is -6.13. The Balaban J connectivity index is 1.14. The van der Waals surface area contributed by atoms with E-state index in [0.29, 0.717) is 28.1 Å². The minimum absolute atomic E-state index is 0.0290. The highest BCUT2D eigenvalue weighted by Gasteiger charge is 2.40. The maximum Gasteiger partial charge on any atom is 0.269 e. The second kappa shape index (κ2) is 10.6. The molecule has 2 atom stereocenters. The molecule has 1 saturated heterocycles. The van der Waals surface area contributed by atoms with Crippen molar-refractivity contribution in [2.75, 3.05) is 11.9 Å². The van der Waals surface area contributed by atoms with Crippen molar-refractivity contribution in [3.8, 4) is 22.5 Å². The second-order valence-corrected chi connectivity index (χ2v) is 10.1. The van der Waals surface area contributed by atoms with Crippen LogP contribution in [0.15, 0.2) is 61.3 Å². The maximum atomic E-state index is 14.7. The molecule has 5 aromatic heterocycles. The van der Waals surface area contributed by atoms with E-state index >= 15 is 0 Å². The molecular weight excluding hydrogens is 573 g/mol. The van der Waals surface area contributed by atoms with Crippen LogP contribution in [0.1, 0.15) is 16.9 Å². The normalized spacial score (nSPS) is 16.5. The molecule has 0 bridgehead atoms. The number of nitrogens with zero attached hydrogens (tertiary/aromatic N) is 10. The molecule has 3 amide bonds. The summed E-state index contributed by atoms with van der Waals surface area (Å²) in [5, 5.41) is 30.0. The zero-order valence-electron chi connectivity index (χ0n) is 22.7. The number of H-pyrrole nitrogens is 1. The van der Waals surface area contributed by atoms with Crippen molar-refractivity contribution in [2.45, 2.75) is 25.2 Å². The van der Waals surface area contributed by atoms with Crippen LogP contribution in [0, 0.1) is 0 Å². The lowest BCUT2D eigenvalue weighted by atomic mass is 10.0. The van der Waals surface area contributed by atoms with Crippen LogP contribution in [0.25, 0.3) is 39.2 Å². The van der Waals surface area contributed by atoms with Crippen LogP contribution in [0.2, 0.25) is 0 Å². The van der Waals surface area contributed by atoms with E-state index in [2.05, 4.69) is 46.0 Å². The van der Waals surface area contributed by atoms with Gasteiger partial charge in [-0.1, -0.05) is 6.07 Å². The van der Waals surface area contributed by atoms with Crippen LogP contribution in [0.4, 0.5) is 10.2 Å². The van der Waals surface area contributed by atoms with Crippen LogP contribution >= 0.6 is 0 Å². The molecule has 2 unspecified atom stereocenters. The molecule has 17 heteroatoms. The molecule has 44 heavy (non-hydrogen) atoms. The largest absolute Gasteiger partial charge is 0.364 e. The number of benzene rings is 1. The first-order valence-corrected chi connectivity index (χ1v) is 13.4. The molecule has 1 aliphatic heterocycles. The molecule has 4 N–H and O–H groups in total. The number of anilines is 1. The van der Waals surface area contributed by atoms with Gasteiger partial charge >= 0.3 is 0 Å². The third kappa shape index (κ3) is 4.65. The van der Waals surface area contributed by atoms with Gasteiger partial charge in [0.1, 0.15) is 24.6 Å². The molecule has 0 aliphatic carbocycles. The van der Waals surface area contributed by atoms with Crippen molar-refractivity contribution in [1.29, 1.82) is 0 Å². The average Bonchev–Trinajstić information content (AvgIpc) is 3.82. The fourth-order valence-corrected chi connectivity index (χ4v) is 5.33. The standard InChI is InChI=1S/C27H22FN13O3/c28-16-9-20(26(44)34-24-18(11-33-35-24)25-36-37-27-30-5-1-7-39(25)27)40(12-16)21(42)13-41-19-3-2-14(15-4-6-31-32-10-15)8-17(19)22(38-41)23(29)43/h1-8,10-11,16,20H,9,12-13H2,(H2,29,43)(H2,33,34,35,44). The third-order valence-corrected chi connectivity index (χ3v) is 7.38. The number of nitrogens with one attached hydrogen (secondary N) is 2. The second-order valence-electron chi connectivity index (χ2n) is 10.1. The molecule has 6 aromatic rings. The van der Waals surface area contributed by atoms with Gasteiger partial charge in [0.2, 0.25) is 11.8 Å². The molecule has 0 spiro atoms. The molecule has 6 heterocycles. The minimum atomic E-state index is -1.42. The molecule has 16 nitrogen and oxygen atoms in total. The van der Waals surface area contributed by atoms with Gasteiger partial charge in [-0.3, -0.25) is 28.6 Å². The Kier molecular flexibility index (Phi) is 6.45. The van der Waals surface area contributed by atoms with E-state index in [1.54, 1.807) is 59.5 Å². The van der Waals surface area contributed by atoms with Crippen LogP contribution < -0.4 is 11.1 Å². The highest BCUT2D eigenvalue weighted by Crippen LogP contribution is 2.29. The summed E-state index contributed by atoms with van der Waals surface area (Å²) in [5.41, 5.74) is 7.96. The van der Waals surface area contributed by atoms with Crippen LogP contribution in [-0.4, -0.2) is 91.1 Å². The fraction of sp³-hybridized carbons (Fsp3) is 0.185. The van der Waals surface area contributed by atoms with Gasteiger partial charge in [-0.2, -0.15) is 20.4 Å². The zero-order chi connectivity index (χ0) is 30.4. The summed E-state index contributed by atoms with van der Waals surface area (Å²) in [5.74, 6) is -1.03. The Morgan fingerprint density at radius 3 is 2.80 bits per heavy atom. The topological polar surface area (TPSA) is 208 Å². The molecule has 7 rings (SSSR count). The molecule has 1 aromatic carbocycles. The average molecular weight is 596 g/mol. The number of likely N-dealkylation sites (tertiary alicyclic amines) is 1. The number of halogens is 1. The van der Waals surface area contributed by atoms with Gasteiger partial charge in [0.05, 0.1) is 36.2 Å². The summed E-state index contributed by atoms with van der Waals surface area (Å²) in [6.45, 7) is -0.640. The van der Waals surface area contributed by atoms with E-state index in [1.165, 1.54) is 15.8 Å². The van der Waals surface area contributed by atoms with Gasteiger partial charge in [-0.15, -0.1) is 10.2 Å². The third-order valence-electron chi connectivity index (χ3n) is 7.38. The van der Waals surface area contributed by atoms with Gasteiger partial charge in [0.15, 0.2) is 11.5 Å². The predicted octanol–water partition coefficient (Wildman–Crippen LogP) is 0.998. The Morgan fingerprint density at radius 2 is 1.98 bits per heavy atom. The van der Waals surface area contributed by atoms with E-state index in [1.807, 2.05) is 0 Å². The summed E-state index contributed by atoms with van der Waals surface area (Å²) >= 11 is 0. The summed E-state index contributed by atoms with van der Waals surface area (Å²) in [4.78, 5) is 44.5. The number of carbonyl (C=O) groups is 3. The number of aromatic nitrogens is 10. The lowest BCUT2D eigenvalue weighted by Gasteiger charge is -2.23. The van der Waals surface area contributed by atoms with Gasteiger partial charge in [0, 0.05) is 29.8 Å². The van der Waals surface area contributed by atoms with Gasteiger partial charge in [-0.25, -0.2) is 9.37 Å². The summed E-state index contributed by atoms with van der Waals surface area (Å²) in [6.07, 6.45) is 6.24. The SMILES string of the molecule is NC(=O)c1nn(CC(=O)N2CC(F)CC2C(=O)Nc2[nH]ncc2-c2nnc3ncccn23)c2ccc(-c3ccnnc3)cc12. The number of primary amides is 1. The first-order valence-electron chi connectivity index (χ1n) is 13.4. The first kappa shape index (κ1) is 26.7. The van der Waals surface area contributed by atoms with E-state index in [4.69, 9.17) is 5.73 Å². The Morgan fingerprint density at radius 1 is 1.09 bits per heavy atom. The van der Waals surface area contributed by atoms with E-state index in [9.17, 15) is 18.8 Å². The van der Waals surface area contributed by atoms with Crippen molar-refractivity contribution in [3.63, 3.8) is 0 Å². The van der Waals surface area contributed by atoms with Crippen LogP contribution in [0.5, 0.6) is 0 Å². The molecule has 0 radical (unpaired) electrons. The van der Waals surface area contributed by atoms with Crippen molar-refractivity contribution in [2.24, 2.45) is 5.73 Å². The van der Waals surface area contributed by atoms with Gasteiger partial charge in [-0.05, 0) is 29.8 Å². The van der Waals surface area contributed by atoms with Crippen molar-refractivity contribution < 1.29 is 18.8 Å². The number of rotatable bonds is 7. The smallest absolute Gasteiger partial charge is 0.269 e. The molecule has 1 fully saturated rings. The van der Waals surface area contributed by atoms with E-state index < -0.39 is 29.9 Å². The summed E-state index contributed by atoms with van der Waals surface area (Å²) in [6, 6.07) is 7.55. The number of carbonyl (C=O) groups excluding carboxylic acids is 3. The number of amides is 3. The van der Waals surface area contributed by atoms with Gasteiger partial charge in [0.25, 0.3) is 11.7 Å². The van der Waals surface area contributed by atoms with Gasteiger partial charge < -0.3 is 16.0 Å². The summed E-state index contributed by atoms with van der Waals surface area (Å²) < 4.78 is 17.6. The number of hydrogen-bond donors (Lipinski definition) is 3. The predicted molar refractivity (Wildman–Crippen MR) is 151 cm³/mol. The number of hydrogen-bond acceptors (Lipinski definition) is 10. The minimum Gasteiger partial charge on any atom is -0.364 e. The highest BCUT2D eigenvalue weighted by atomic mass is 19.1. The highest BCUT2D eigenvalue weighted by molar-refractivity contribution is 6.05. The number of alkyl halides is 1. The Bertz CT molecular complexity index is 2050. The summed E-state index contributed by atoms with van der Waals surface area (Å²) in [7, 11) is 0. The van der Waals surface area contributed by atoms with E-state index in [-0.39, 0.29) is 31.0 Å². The first-order chi connectivity index (χ1) is 21.4.